The third-order valence-electron chi connectivity index (χ3n) is 4.57. The molecule has 1 aliphatic heterocycles. The summed E-state index contributed by atoms with van der Waals surface area (Å²) < 4.78 is 14.7. The molecule has 1 fully saturated rings. The number of nitrogens with zero attached hydrogens (tertiary/aromatic N) is 3. The first-order chi connectivity index (χ1) is 12.6. The van der Waals surface area contributed by atoms with Crippen LogP contribution >= 0.6 is 11.6 Å². The smallest absolute Gasteiger partial charge is 0.328 e. The van der Waals surface area contributed by atoms with Gasteiger partial charge < -0.3 is 15.6 Å². The van der Waals surface area contributed by atoms with Gasteiger partial charge in [-0.2, -0.15) is 4.98 Å². The minimum Gasteiger partial charge on any atom is -0.354 e. The highest BCUT2D eigenvalue weighted by molar-refractivity contribution is 6.31. The first-order valence-corrected chi connectivity index (χ1v) is 8.82. The van der Waals surface area contributed by atoms with Crippen LogP contribution in [-0.4, -0.2) is 39.2 Å². The molecule has 26 heavy (non-hydrogen) atoms. The van der Waals surface area contributed by atoms with E-state index < -0.39 is 5.82 Å². The molecule has 9 heteroatoms. The van der Waals surface area contributed by atoms with Crippen molar-refractivity contribution in [3.8, 4) is 0 Å². The van der Waals surface area contributed by atoms with Gasteiger partial charge in [0.25, 0.3) is 0 Å². The Labute approximate surface area is 153 Å². The van der Waals surface area contributed by atoms with E-state index in [2.05, 4.69) is 25.6 Å². The van der Waals surface area contributed by atoms with E-state index in [1.54, 1.807) is 12.3 Å². The molecule has 7 nitrogen and oxygen atoms in total. The molecule has 0 radical (unpaired) electrons. The minimum absolute atomic E-state index is 0.195. The van der Waals surface area contributed by atoms with Gasteiger partial charge in [0.15, 0.2) is 5.65 Å². The molecule has 1 aromatic carbocycles. The number of fused-ring (bicyclic) bond motifs is 1. The van der Waals surface area contributed by atoms with E-state index in [9.17, 15) is 9.18 Å². The fourth-order valence-corrected chi connectivity index (χ4v) is 3.35. The molecular formula is C17H18ClFN6O. The van der Waals surface area contributed by atoms with Gasteiger partial charge in [-0.25, -0.2) is 14.2 Å². The summed E-state index contributed by atoms with van der Waals surface area (Å²) in [5, 5.41) is 6.82. The summed E-state index contributed by atoms with van der Waals surface area (Å²) in [6, 6.07) is 4.11. The zero-order chi connectivity index (χ0) is 18.1. The number of halogens is 2. The Balaban J connectivity index is 1.62. The highest BCUT2D eigenvalue weighted by atomic mass is 35.5. The minimum atomic E-state index is -0.416. The topological polar surface area (TPSA) is 87.6 Å². The van der Waals surface area contributed by atoms with Gasteiger partial charge >= 0.3 is 5.69 Å². The monoisotopic (exact) mass is 376 g/mol. The van der Waals surface area contributed by atoms with Crippen molar-refractivity contribution in [2.75, 3.05) is 25.0 Å². The number of anilines is 1. The maximum atomic E-state index is 13.2. The van der Waals surface area contributed by atoms with Gasteiger partial charge in [0.05, 0.1) is 12.7 Å². The van der Waals surface area contributed by atoms with Crippen LogP contribution in [0.25, 0.3) is 11.2 Å². The molecule has 3 N–H and O–H groups in total. The molecule has 1 saturated heterocycles. The summed E-state index contributed by atoms with van der Waals surface area (Å²) >= 11 is 6.09. The van der Waals surface area contributed by atoms with Crippen molar-refractivity contribution in [3.05, 3.63) is 51.3 Å². The molecule has 1 aliphatic rings. The van der Waals surface area contributed by atoms with Crippen molar-refractivity contribution in [2.24, 2.45) is 5.92 Å². The number of nitrogens with one attached hydrogen (secondary N) is 3. The zero-order valence-corrected chi connectivity index (χ0v) is 14.7. The predicted molar refractivity (Wildman–Crippen MR) is 98.1 cm³/mol. The maximum absolute atomic E-state index is 13.2. The lowest BCUT2D eigenvalue weighted by Gasteiger charge is -2.10. The first kappa shape index (κ1) is 17.0. The number of imidazole rings is 1. The van der Waals surface area contributed by atoms with Gasteiger partial charge in [-0.15, -0.1) is 0 Å². The number of rotatable bonds is 5. The highest BCUT2D eigenvalue weighted by Crippen LogP contribution is 2.19. The fraction of sp³-hybridized carbons (Fsp3) is 0.353. The van der Waals surface area contributed by atoms with Gasteiger partial charge in [0, 0.05) is 11.6 Å². The van der Waals surface area contributed by atoms with Crippen molar-refractivity contribution in [2.45, 2.75) is 13.0 Å². The van der Waals surface area contributed by atoms with Crippen LogP contribution in [0.5, 0.6) is 0 Å². The average Bonchev–Trinajstić information content (AvgIpc) is 3.23. The van der Waals surface area contributed by atoms with Gasteiger partial charge in [-0.3, -0.25) is 4.57 Å². The lowest BCUT2D eigenvalue weighted by Crippen LogP contribution is -2.19. The second-order valence-corrected chi connectivity index (χ2v) is 6.83. The molecule has 4 rings (SSSR count). The summed E-state index contributed by atoms with van der Waals surface area (Å²) in [5.41, 5.74) is 1.35. The van der Waals surface area contributed by atoms with Crippen LogP contribution in [0.2, 0.25) is 5.02 Å². The number of hydrogen-bond donors (Lipinski definition) is 3. The Hall–Kier alpha value is -2.45. The average molecular weight is 377 g/mol. The van der Waals surface area contributed by atoms with Gasteiger partial charge in [-0.05, 0) is 43.1 Å². The Kier molecular flexibility index (Phi) is 4.60. The van der Waals surface area contributed by atoms with Crippen molar-refractivity contribution >= 4 is 28.7 Å². The van der Waals surface area contributed by atoms with E-state index >= 15 is 0 Å². The number of hydrogen-bond acceptors (Lipinski definition) is 5. The Morgan fingerprint density at radius 2 is 2.31 bits per heavy atom. The second kappa shape index (κ2) is 7.05. The van der Waals surface area contributed by atoms with Gasteiger partial charge in [0.1, 0.15) is 11.3 Å². The number of aromatic nitrogens is 4. The number of aromatic amines is 1. The second-order valence-electron chi connectivity index (χ2n) is 6.42. The Morgan fingerprint density at radius 3 is 3.08 bits per heavy atom. The normalized spacial score (nSPS) is 17.1. The molecular weight excluding hydrogens is 359 g/mol. The third-order valence-corrected chi connectivity index (χ3v) is 4.92. The van der Waals surface area contributed by atoms with Crippen LogP contribution in [0.15, 0.2) is 29.2 Å². The highest BCUT2D eigenvalue weighted by Gasteiger charge is 2.16. The molecule has 0 amide bonds. The first-order valence-electron chi connectivity index (χ1n) is 8.44. The summed E-state index contributed by atoms with van der Waals surface area (Å²) in [6.45, 7) is 2.98. The lowest BCUT2D eigenvalue weighted by molar-refractivity contribution is 0.613. The maximum Gasteiger partial charge on any atom is 0.328 e. The molecule has 3 heterocycles. The number of benzene rings is 1. The van der Waals surface area contributed by atoms with E-state index in [4.69, 9.17) is 11.6 Å². The molecule has 0 aliphatic carbocycles. The van der Waals surface area contributed by atoms with Crippen LogP contribution in [0, 0.1) is 11.7 Å². The molecule has 2 aromatic heterocycles. The van der Waals surface area contributed by atoms with Gasteiger partial charge in [0.2, 0.25) is 5.95 Å². The van der Waals surface area contributed by atoms with E-state index in [1.807, 2.05) is 0 Å². The zero-order valence-electron chi connectivity index (χ0n) is 13.9. The van der Waals surface area contributed by atoms with E-state index in [-0.39, 0.29) is 17.3 Å². The Morgan fingerprint density at radius 1 is 1.42 bits per heavy atom. The molecule has 0 spiro atoms. The van der Waals surface area contributed by atoms with E-state index in [1.165, 1.54) is 16.7 Å². The van der Waals surface area contributed by atoms with Crippen molar-refractivity contribution < 1.29 is 4.39 Å². The SMILES string of the molecule is O=c1[nH]c2cnc(NCC3CCNC3)nc2n1Cc1ccc(F)cc1Cl. The van der Waals surface area contributed by atoms with Crippen LogP contribution in [0.4, 0.5) is 10.3 Å². The van der Waals surface area contributed by atoms with Gasteiger partial charge in [-0.1, -0.05) is 17.7 Å². The summed E-state index contributed by atoms with van der Waals surface area (Å²) in [6.07, 6.45) is 2.70. The standard InChI is InChI=1S/C17H18ClFN6O/c18-13-5-12(19)2-1-11(13)9-25-15-14(23-17(25)26)8-22-16(24-15)21-7-10-3-4-20-6-10/h1-2,5,8,10,20H,3-4,6-7,9H2,(H,23,26)(H,21,22,24). The van der Waals surface area contributed by atoms with Crippen LogP contribution < -0.4 is 16.3 Å². The molecule has 3 aromatic rings. The van der Waals surface area contributed by atoms with Crippen LogP contribution in [0.3, 0.4) is 0 Å². The lowest BCUT2D eigenvalue weighted by atomic mass is 10.1. The quantitative estimate of drug-likeness (QED) is 0.633. The largest absolute Gasteiger partial charge is 0.354 e. The van der Waals surface area contributed by atoms with Crippen molar-refractivity contribution in [1.82, 2.24) is 24.8 Å². The van der Waals surface area contributed by atoms with E-state index in [0.29, 0.717) is 28.6 Å². The predicted octanol–water partition coefficient (Wildman–Crippen LogP) is 1.98. The molecule has 1 atom stereocenters. The Bertz CT molecular complexity index is 995. The molecule has 0 bridgehead atoms. The number of H-pyrrole nitrogens is 1. The van der Waals surface area contributed by atoms with E-state index in [0.717, 1.165) is 26.1 Å². The summed E-state index contributed by atoms with van der Waals surface area (Å²) in [7, 11) is 0. The summed E-state index contributed by atoms with van der Waals surface area (Å²) in [5.74, 6) is 0.600. The van der Waals surface area contributed by atoms with Crippen molar-refractivity contribution in [1.29, 1.82) is 0 Å². The molecule has 1 unspecified atom stereocenters. The summed E-state index contributed by atoms with van der Waals surface area (Å²) in [4.78, 5) is 23.8. The van der Waals surface area contributed by atoms with Crippen LogP contribution in [-0.2, 0) is 6.54 Å². The molecule has 136 valence electrons. The third kappa shape index (κ3) is 3.42. The van der Waals surface area contributed by atoms with Crippen LogP contribution in [0.1, 0.15) is 12.0 Å². The molecule has 0 saturated carbocycles. The van der Waals surface area contributed by atoms with Crippen molar-refractivity contribution in [3.63, 3.8) is 0 Å². The fourth-order valence-electron chi connectivity index (χ4n) is 3.12.